The molecule has 1 atom stereocenters. The molecule has 2 aromatic carbocycles. The number of anilines is 1. The van der Waals surface area contributed by atoms with E-state index in [-0.39, 0.29) is 23.6 Å². The zero-order valence-corrected chi connectivity index (χ0v) is 18.3. The molecule has 0 aliphatic carbocycles. The van der Waals surface area contributed by atoms with Gasteiger partial charge in [-0.25, -0.2) is 0 Å². The van der Waals surface area contributed by atoms with E-state index in [9.17, 15) is 14.7 Å². The van der Waals surface area contributed by atoms with Crippen molar-refractivity contribution >= 4 is 23.5 Å². The average molecular weight is 438 g/mol. The van der Waals surface area contributed by atoms with E-state index >= 15 is 0 Å². The van der Waals surface area contributed by atoms with Crippen molar-refractivity contribution in [3.8, 4) is 11.5 Å². The van der Waals surface area contributed by atoms with Crippen molar-refractivity contribution in [3.63, 3.8) is 0 Å². The highest BCUT2D eigenvalue weighted by Crippen LogP contribution is 2.38. The third kappa shape index (κ3) is 4.16. The molecule has 1 aliphatic heterocycles. The second-order valence-electron chi connectivity index (χ2n) is 7.53. The lowest BCUT2D eigenvalue weighted by Crippen LogP contribution is -2.33. The molecule has 0 bridgehead atoms. The Labute approximate surface area is 184 Å². The number of thioether (sulfide) groups is 1. The van der Waals surface area contributed by atoms with Gasteiger partial charge in [0.1, 0.15) is 5.82 Å². The van der Waals surface area contributed by atoms with Gasteiger partial charge in [0, 0.05) is 25.1 Å². The summed E-state index contributed by atoms with van der Waals surface area (Å²) in [5, 5.41) is 13.5. The monoisotopic (exact) mass is 437 g/mol. The fraction of sp³-hybridized carbons (Fsp3) is 0.261. The van der Waals surface area contributed by atoms with E-state index in [1.807, 2.05) is 25.1 Å². The van der Waals surface area contributed by atoms with Crippen LogP contribution in [0.1, 0.15) is 34.6 Å². The number of carbonyl (C=O) groups excluding carboxylic acids is 1. The molecule has 0 spiro atoms. The van der Waals surface area contributed by atoms with E-state index in [1.165, 1.54) is 30.5 Å². The summed E-state index contributed by atoms with van der Waals surface area (Å²) in [5.41, 5.74) is 3.01. The fourth-order valence-corrected chi connectivity index (χ4v) is 4.73. The third-order valence-corrected chi connectivity index (χ3v) is 6.46. The maximum atomic E-state index is 13.0. The smallest absolute Gasteiger partial charge is 0.279 e. The number of carbonyl (C=O) groups is 1. The van der Waals surface area contributed by atoms with E-state index < -0.39 is 5.92 Å². The molecule has 8 heteroatoms. The number of hydrogen-bond acceptors (Lipinski definition) is 6. The summed E-state index contributed by atoms with van der Waals surface area (Å²) in [5.74, 6) is 0.708. The number of phenolic OH excluding ortho intramolecular Hbond substituents is 1. The van der Waals surface area contributed by atoms with Crippen molar-refractivity contribution in [2.24, 2.45) is 7.05 Å². The average Bonchev–Trinajstić information content (AvgIpc) is 2.74. The number of aromatic nitrogens is 2. The number of aryl methyl sites for hydroxylation is 1. The first kappa shape index (κ1) is 21.0. The molecule has 2 N–H and O–H groups in total. The van der Waals surface area contributed by atoms with E-state index in [1.54, 1.807) is 23.7 Å². The predicted octanol–water partition coefficient (Wildman–Crippen LogP) is 3.57. The SMILES string of the molecule is COc1ccc(C2CC(=O)Nc3c2c(=O)nc(SCc2cccc(C)c2)n3C)cc1O. The third-order valence-electron chi connectivity index (χ3n) is 5.36. The Morgan fingerprint density at radius 2 is 2.06 bits per heavy atom. The maximum Gasteiger partial charge on any atom is 0.279 e. The highest BCUT2D eigenvalue weighted by Gasteiger charge is 2.32. The molecule has 31 heavy (non-hydrogen) atoms. The van der Waals surface area contributed by atoms with Crippen LogP contribution in [0, 0.1) is 6.92 Å². The van der Waals surface area contributed by atoms with Crippen LogP contribution in [0.4, 0.5) is 5.82 Å². The number of nitrogens with zero attached hydrogens (tertiary/aromatic N) is 2. The Kier molecular flexibility index (Phi) is 5.73. The Balaban J connectivity index is 1.71. The molecule has 4 rings (SSSR count). The zero-order valence-electron chi connectivity index (χ0n) is 17.5. The number of phenols is 1. The van der Waals surface area contributed by atoms with Crippen molar-refractivity contribution in [3.05, 3.63) is 75.1 Å². The van der Waals surface area contributed by atoms with Crippen LogP contribution >= 0.6 is 11.8 Å². The molecule has 1 aliphatic rings. The number of benzene rings is 2. The highest BCUT2D eigenvalue weighted by atomic mass is 32.2. The van der Waals surface area contributed by atoms with Crippen LogP contribution in [0.3, 0.4) is 0 Å². The topological polar surface area (TPSA) is 93.5 Å². The first-order valence-corrected chi connectivity index (χ1v) is 10.8. The van der Waals surface area contributed by atoms with Gasteiger partial charge in [0.05, 0.1) is 12.7 Å². The van der Waals surface area contributed by atoms with Gasteiger partial charge in [-0.3, -0.25) is 9.59 Å². The molecule has 3 aromatic rings. The lowest BCUT2D eigenvalue weighted by atomic mass is 9.86. The number of methoxy groups -OCH3 is 1. The molecule has 0 fully saturated rings. The Bertz CT molecular complexity index is 1220. The van der Waals surface area contributed by atoms with Gasteiger partial charge in [-0.05, 0) is 30.2 Å². The molecule has 7 nitrogen and oxygen atoms in total. The minimum absolute atomic E-state index is 0.0392. The Hall–Kier alpha value is -3.26. The number of fused-ring (bicyclic) bond motifs is 1. The molecular formula is C23H23N3O4S. The first-order valence-electron chi connectivity index (χ1n) is 9.83. The molecule has 1 amide bonds. The lowest BCUT2D eigenvalue weighted by molar-refractivity contribution is -0.116. The molecule has 0 saturated carbocycles. The van der Waals surface area contributed by atoms with Gasteiger partial charge in [-0.1, -0.05) is 47.7 Å². The summed E-state index contributed by atoms with van der Waals surface area (Å²) < 4.78 is 6.85. The number of aromatic hydroxyl groups is 1. The number of amides is 1. The molecular weight excluding hydrogens is 414 g/mol. The van der Waals surface area contributed by atoms with Crippen molar-refractivity contribution in [1.29, 1.82) is 0 Å². The van der Waals surface area contributed by atoms with Gasteiger partial charge in [-0.15, -0.1) is 0 Å². The number of nitrogens with one attached hydrogen (secondary N) is 1. The quantitative estimate of drug-likeness (QED) is 0.468. The minimum Gasteiger partial charge on any atom is -0.504 e. The number of hydrogen-bond donors (Lipinski definition) is 2. The summed E-state index contributed by atoms with van der Waals surface area (Å²) in [4.78, 5) is 29.8. The normalized spacial score (nSPS) is 15.3. The van der Waals surface area contributed by atoms with Gasteiger partial charge in [0.25, 0.3) is 5.56 Å². The highest BCUT2D eigenvalue weighted by molar-refractivity contribution is 7.98. The summed E-state index contributed by atoms with van der Waals surface area (Å²) in [6.07, 6.45) is 0.103. The van der Waals surface area contributed by atoms with E-state index in [0.29, 0.717) is 33.6 Å². The van der Waals surface area contributed by atoms with E-state index in [2.05, 4.69) is 16.4 Å². The van der Waals surface area contributed by atoms with Gasteiger partial charge < -0.3 is 19.7 Å². The van der Waals surface area contributed by atoms with Crippen molar-refractivity contribution in [2.45, 2.75) is 30.2 Å². The minimum atomic E-state index is -0.498. The van der Waals surface area contributed by atoms with Crippen LogP contribution in [0.25, 0.3) is 0 Å². The maximum absolute atomic E-state index is 13.0. The van der Waals surface area contributed by atoms with Gasteiger partial charge in [0.2, 0.25) is 5.91 Å². The Morgan fingerprint density at radius 3 is 2.77 bits per heavy atom. The molecule has 160 valence electrons. The molecule has 1 aromatic heterocycles. The van der Waals surface area contributed by atoms with Crippen LogP contribution in [0.2, 0.25) is 0 Å². The van der Waals surface area contributed by atoms with Gasteiger partial charge in [-0.2, -0.15) is 4.98 Å². The van der Waals surface area contributed by atoms with Gasteiger partial charge in [0.15, 0.2) is 16.7 Å². The summed E-state index contributed by atoms with van der Waals surface area (Å²) >= 11 is 1.45. The van der Waals surface area contributed by atoms with E-state index in [4.69, 9.17) is 4.74 Å². The van der Waals surface area contributed by atoms with Gasteiger partial charge >= 0.3 is 0 Å². The summed E-state index contributed by atoms with van der Waals surface area (Å²) in [7, 11) is 3.26. The largest absolute Gasteiger partial charge is 0.504 e. The van der Waals surface area contributed by atoms with Crippen LogP contribution in [-0.4, -0.2) is 27.7 Å². The number of ether oxygens (including phenoxy) is 1. The first-order chi connectivity index (χ1) is 14.9. The second kappa shape index (κ2) is 8.47. The van der Waals surface area contributed by atoms with Crippen molar-refractivity contribution < 1.29 is 14.6 Å². The Morgan fingerprint density at radius 1 is 1.26 bits per heavy atom. The van der Waals surface area contributed by atoms with Crippen LogP contribution < -0.4 is 15.6 Å². The fourth-order valence-electron chi connectivity index (χ4n) is 3.82. The van der Waals surface area contributed by atoms with Crippen LogP contribution in [0.15, 0.2) is 52.4 Å². The van der Waals surface area contributed by atoms with Crippen molar-refractivity contribution in [1.82, 2.24) is 9.55 Å². The molecule has 1 unspecified atom stereocenters. The lowest BCUT2D eigenvalue weighted by Gasteiger charge is -2.27. The standard InChI is InChI=1S/C23H23N3O4S/c1-13-5-4-6-14(9-13)12-31-23-25-22(29)20-16(11-19(28)24-21(20)26(23)2)15-7-8-18(30-3)17(27)10-15/h4-10,16,27H,11-12H2,1-3H3,(H,24,28). The molecule has 0 saturated heterocycles. The van der Waals surface area contributed by atoms with Crippen molar-refractivity contribution in [2.75, 3.05) is 12.4 Å². The molecule has 2 heterocycles. The second-order valence-corrected chi connectivity index (χ2v) is 8.48. The predicted molar refractivity (Wildman–Crippen MR) is 120 cm³/mol. The summed E-state index contributed by atoms with van der Waals surface area (Å²) in [6.45, 7) is 2.04. The van der Waals surface area contributed by atoms with E-state index in [0.717, 1.165) is 5.56 Å². The van der Waals surface area contributed by atoms with Crippen LogP contribution in [0.5, 0.6) is 11.5 Å². The summed E-state index contributed by atoms with van der Waals surface area (Å²) in [6, 6.07) is 13.1. The zero-order chi connectivity index (χ0) is 22.1. The number of rotatable bonds is 5. The van der Waals surface area contributed by atoms with Crippen LogP contribution in [-0.2, 0) is 17.6 Å². The molecule has 0 radical (unpaired) electrons.